The third-order valence-electron chi connectivity index (χ3n) is 5.46. The fourth-order valence-corrected chi connectivity index (χ4v) is 3.52. The van der Waals surface area contributed by atoms with Crippen LogP contribution in [0, 0.1) is 12.7 Å². The van der Waals surface area contributed by atoms with E-state index in [9.17, 15) is 14.0 Å². The number of aromatic nitrogens is 1. The molecule has 0 radical (unpaired) electrons. The summed E-state index contributed by atoms with van der Waals surface area (Å²) in [6.07, 6.45) is 4.30. The number of hydrogen-bond donors (Lipinski definition) is 1. The highest BCUT2D eigenvalue weighted by Crippen LogP contribution is 2.32. The quantitative estimate of drug-likeness (QED) is 0.493. The number of nitrogens with one attached hydrogen (secondary N) is 1. The van der Waals surface area contributed by atoms with Crippen LogP contribution in [0.2, 0.25) is 0 Å². The van der Waals surface area contributed by atoms with E-state index in [0.717, 1.165) is 5.56 Å². The molecule has 0 spiro atoms. The van der Waals surface area contributed by atoms with Crippen LogP contribution in [0.15, 0.2) is 79.6 Å². The van der Waals surface area contributed by atoms with Gasteiger partial charge in [0.25, 0.3) is 11.8 Å². The van der Waals surface area contributed by atoms with E-state index in [2.05, 4.69) is 37.7 Å². The van der Waals surface area contributed by atoms with Gasteiger partial charge in [0.05, 0.1) is 0 Å². The number of amides is 2. The molecule has 0 aliphatic heterocycles. The van der Waals surface area contributed by atoms with Crippen molar-refractivity contribution in [3.05, 3.63) is 102 Å². The first-order valence-electron chi connectivity index (χ1n) is 10.7. The fourth-order valence-electron chi connectivity index (χ4n) is 3.52. The van der Waals surface area contributed by atoms with Crippen molar-refractivity contribution in [2.45, 2.75) is 39.2 Å². The van der Waals surface area contributed by atoms with Gasteiger partial charge in [-0.1, -0.05) is 51.6 Å². The average Bonchev–Trinajstić information content (AvgIpc) is 2.80. The Labute approximate surface area is 194 Å². The molecule has 3 rings (SSSR count). The topological polar surface area (TPSA) is 62.3 Å². The number of carbonyl (C=O) groups excluding carboxylic acids is 2. The van der Waals surface area contributed by atoms with Gasteiger partial charge in [-0.25, -0.2) is 4.39 Å². The van der Waals surface area contributed by atoms with Gasteiger partial charge in [-0.3, -0.25) is 19.5 Å². The second-order valence-corrected chi connectivity index (χ2v) is 8.80. The number of carbonyl (C=O) groups is 2. The van der Waals surface area contributed by atoms with Gasteiger partial charge in [0, 0.05) is 34.9 Å². The fraction of sp³-hybridized carbons (Fsp3) is 0.222. The Morgan fingerprint density at radius 3 is 2.36 bits per heavy atom. The number of halogens is 1. The summed E-state index contributed by atoms with van der Waals surface area (Å²) in [5, 5.41) is 2.78. The third kappa shape index (κ3) is 5.34. The van der Waals surface area contributed by atoms with Gasteiger partial charge >= 0.3 is 0 Å². The molecule has 1 N–H and O–H groups in total. The molecule has 1 unspecified atom stereocenters. The summed E-state index contributed by atoms with van der Waals surface area (Å²) in [5.74, 6) is -1.37. The zero-order chi connectivity index (χ0) is 24.2. The van der Waals surface area contributed by atoms with Gasteiger partial charge in [-0.05, 0) is 54.3 Å². The van der Waals surface area contributed by atoms with Crippen molar-refractivity contribution in [3.63, 3.8) is 0 Å². The minimum Gasteiger partial charge on any atom is -0.324 e. The second kappa shape index (κ2) is 9.77. The van der Waals surface area contributed by atoms with Crippen LogP contribution in [0.5, 0.6) is 0 Å². The first kappa shape index (κ1) is 23.9. The number of hydrogen-bond acceptors (Lipinski definition) is 3. The smallest absolute Gasteiger partial charge is 0.252 e. The molecule has 0 saturated heterocycles. The summed E-state index contributed by atoms with van der Waals surface area (Å²) in [7, 11) is 0. The van der Waals surface area contributed by atoms with E-state index in [-0.39, 0.29) is 5.41 Å². The average molecular weight is 446 g/mol. The maximum atomic E-state index is 14.1. The van der Waals surface area contributed by atoms with Crippen LogP contribution in [0.4, 0.5) is 15.8 Å². The monoisotopic (exact) mass is 445 g/mol. The number of benzene rings is 2. The molecule has 5 nitrogen and oxygen atoms in total. The van der Waals surface area contributed by atoms with Crippen molar-refractivity contribution in [3.8, 4) is 0 Å². The highest BCUT2D eigenvalue weighted by molar-refractivity contribution is 6.09. The van der Waals surface area contributed by atoms with Gasteiger partial charge in [0.1, 0.15) is 11.9 Å². The molecule has 2 amide bonds. The molecular weight excluding hydrogens is 417 g/mol. The van der Waals surface area contributed by atoms with E-state index in [4.69, 9.17) is 0 Å². The molecule has 1 aromatic heterocycles. The molecule has 3 aromatic rings. The largest absolute Gasteiger partial charge is 0.324 e. The van der Waals surface area contributed by atoms with Gasteiger partial charge in [-0.2, -0.15) is 0 Å². The van der Waals surface area contributed by atoms with E-state index >= 15 is 0 Å². The van der Waals surface area contributed by atoms with E-state index in [1.807, 2.05) is 24.3 Å². The summed E-state index contributed by atoms with van der Waals surface area (Å²) in [4.78, 5) is 32.1. The lowest BCUT2D eigenvalue weighted by Gasteiger charge is -2.31. The van der Waals surface area contributed by atoms with Crippen molar-refractivity contribution in [2.75, 3.05) is 10.2 Å². The van der Waals surface area contributed by atoms with Crippen LogP contribution in [-0.2, 0) is 15.0 Å². The first-order chi connectivity index (χ1) is 15.6. The summed E-state index contributed by atoms with van der Waals surface area (Å²) >= 11 is 0. The Kier molecular flexibility index (Phi) is 7.07. The summed E-state index contributed by atoms with van der Waals surface area (Å²) in [5.41, 5.74) is 2.72. The minimum absolute atomic E-state index is 0.0686. The summed E-state index contributed by atoms with van der Waals surface area (Å²) in [6, 6.07) is 14.3. The van der Waals surface area contributed by atoms with Gasteiger partial charge in [-0.15, -0.1) is 0 Å². The number of nitrogens with zero attached hydrogens (tertiary/aromatic N) is 2. The highest BCUT2D eigenvalue weighted by Gasteiger charge is 2.32. The maximum Gasteiger partial charge on any atom is 0.252 e. The van der Waals surface area contributed by atoms with Crippen molar-refractivity contribution in [2.24, 2.45) is 0 Å². The molecule has 0 saturated carbocycles. The predicted octanol–water partition coefficient (Wildman–Crippen LogP) is 5.73. The van der Waals surface area contributed by atoms with Gasteiger partial charge in [0.15, 0.2) is 0 Å². The Morgan fingerprint density at radius 2 is 1.79 bits per heavy atom. The van der Waals surface area contributed by atoms with Crippen molar-refractivity contribution in [1.29, 1.82) is 0 Å². The van der Waals surface area contributed by atoms with Crippen LogP contribution in [-0.4, -0.2) is 16.8 Å². The van der Waals surface area contributed by atoms with Crippen LogP contribution >= 0.6 is 0 Å². The van der Waals surface area contributed by atoms with Gasteiger partial charge in [0.2, 0.25) is 0 Å². The van der Waals surface area contributed by atoms with E-state index in [1.165, 1.54) is 29.3 Å². The molecule has 6 heteroatoms. The first-order valence-corrected chi connectivity index (χ1v) is 10.7. The molecule has 0 aliphatic rings. The number of anilines is 2. The zero-order valence-corrected chi connectivity index (χ0v) is 19.3. The molecule has 33 heavy (non-hydrogen) atoms. The maximum absolute atomic E-state index is 14.1. The third-order valence-corrected chi connectivity index (χ3v) is 5.46. The van der Waals surface area contributed by atoms with Crippen LogP contribution in [0.1, 0.15) is 43.5 Å². The number of pyridine rings is 1. The Hall–Kier alpha value is -3.80. The number of rotatable bonds is 6. The van der Waals surface area contributed by atoms with Crippen molar-refractivity contribution in [1.82, 2.24) is 4.98 Å². The van der Waals surface area contributed by atoms with E-state index in [0.29, 0.717) is 22.5 Å². The molecule has 0 bridgehead atoms. The summed E-state index contributed by atoms with van der Waals surface area (Å²) in [6.45, 7) is 11.5. The van der Waals surface area contributed by atoms with E-state index in [1.54, 1.807) is 31.3 Å². The van der Waals surface area contributed by atoms with Crippen molar-refractivity contribution >= 4 is 23.2 Å². The minimum atomic E-state index is -1.05. The molecule has 170 valence electrons. The Balaban J connectivity index is 2.09. The predicted molar refractivity (Wildman–Crippen MR) is 130 cm³/mol. The molecular formula is C27H28FN3O2. The normalized spacial score (nSPS) is 12.0. The molecule has 0 fully saturated rings. The molecule has 1 atom stereocenters. The molecule has 0 aliphatic carbocycles. The van der Waals surface area contributed by atoms with Crippen LogP contribution < -0.4 is 10.2 Å². The van der Waals surface area contributed by atoms with E-state index < -0.39 is 23.7 Å². The lowest BCUT2D eigenvalue weighted by atomic mass is 9.87. The van der Waals surface area contributed by atoms with Gasteiger partial charge < -0.3 is 5.32 Å². The highest BCUT2D eigenvalue weighted by atomic mass is 19.1. The molecule has 2 aromatic carbocycles. The van der Waals surface area contributed by atoms with Crippen LogP contribution in [0.3, 0.4) is 0 Å². The van der Waals surface area contributed by atoms with Crippen molar-refractivity contribution < 1.29 is 14.0 Å². The SMILES string of the molecule is C=CC(=O)N(c1ccc(C(C)(C)C)cc1)C(C(=O)Nc1cccc(F)c1C)c1cccnc1. The second-order valence-electron chi connectivity index (χ2n) is 8.80. The lowest BCUT2D eigenvalue weighted by Crippen LogP contribution is -2.41. The Morgan fingerprint density at radius 1 is 1.09 bits per heavy atom. The Bertz CT molecular complexity index is 1150. The standard InChI is InChI=1S/C27H28FN3O2/c1-6-24(32)31(21-14-12-20(13-15-21)27(3,4)5)25(19-9-8-16-29-17-19)26(33)30-23-11-7-10-22(28)18(23)2/h6-17,25H,1H2,2-5H3,(H,30,33). The lowest BCUT2D eigenvalue weighted by molar-refractivity contribution is -0.121. The summed E-state index contributed by atoms with van der Waals surface area (Å²) < 4.78 is 14.1. The zero-order valence-electron chi connectivity index (χ0n) is 19.3. The van der Waals surface area contributed by atoms with Crippen LogP contribution in [0.25, 0.3) is 0 Å². The molecule has 1 heterocycles.